The average molecular weight is 557 g/mol. The molecule has 0 atom stereocenters. The lowest BCUT2D eigenvalue weighted by Gasteiger charge is -2.18. The minimum atomic E-state index is -1.40. The van der Waals surface area contributed by atoms with E-state index in [0.29, 0.717) is 38.6 Å². The summed E-state index contributed by atoms with van der Waals surface area (Å²) in [6, 6.07) is 6.35. The van der Waals surface area contributed by atoms with Crippen LogP contribution in [0.15, 0.2) is 50.8 Å². The van der Waals surface area contributed by atoms with Gasteiger partial charge in [-0.1, -0.05) is 59.1 Å². The van der Waals surface area contributed by atoms with Gasteiger partial charge in [0, 0.05) is 27.2 Å². The molecule has 190 valence electrons. The van der Waals surface area contributed by atoms with Crippen LogP contribution in [-0.4, -0.2) is 50.8 Å². The van der Waals surface area contributed by atoms with E-state index in [1.807, 2.05) is 5.32 Å². The molecular weight excluding hydrogens is 537 g/mol. The van der Waals surface area contributed by atoms with Crippen molar-refractivity contribution in [3.8, 4) is 11.6 Å². The van der Waals surface area contributed by atoms with Crippen LogP contribution in [-0.2, 0) is 11.3 Å². The maximum absolute atomic E-state index is 13.1. The van der Waals surface area contributed by atoms with Crippen LogP contribution in [0, 0.1) is 0 Å². The van der Waals surface area contributed by atoms with Gasteiger partial charge in [0.25, 0.3) is 17.4 Å². The van der Waals surface area contributed by atoms with Crippen LogP contribution < -0.4 is 16.2 Å². The normalized spacial score (nSPS) is 13.2. The highest BCUT2D eigenvalue weighted by atomic mass is 35.5. The molecular formula is C23H20Cl3N3O7. The summed E-state index contributed by atoms with van der Waals surface area (Å²) < 4.78 is 0.672. The molecule has 0 aliphatic heterocycles. The second-order valence-electron chi connectivity index (χ2n) is 7.64. The number of amides is 2. The van der Waals surface area contributed by atoms with Gasteiger partial charge >= 0.3 is 5.97 Å². The second kappa shape index (κ2) is 11.5. The molecule has 3 rings (SSSR count). The number of hydrogen-bond acceptors (Lipinski definition) is 6. The Kier molecular flexibility index (Phi) is 8.67. The number of nitrogens with zero attached hydrogens (tertiary/aromatic N) is 1. The van der Waals surface area contributed by atoms with Gasteiger partial charge in [-0.15, -0.1) is 0 Å². The lowest BCUT2D eigenvalue weighted by molar-refractivity contribution is -0.135. The molecule has 5 N–H and O–H groups in total. The van der Waals surface area contributed by atoms with Crippen LogP contribution in [0.3, 0.4) is 0 Å². The first kappa shape index (κ1) is 27.1. The Labute approximate surface area is 219 Å². The van der Waals surface area contributed by atoms with E-state index < -0.39 is 52.6 Å². The van der Waals surface area contributed by atoms with Crippen molar-refractivity contribution in [2.24, 2.45) is 0 Å². The lowest BCUT2D eigenvalue weighted by atomic mass is 10.1. The minimum absolute atomic E-state index is 0.171. The number of benzene rings is 1. The number of hydrogen-bond donors (Lipinski definition) is 5. The van der Waals surface area contributed by atoms with Crippen LogP contribution in [0.2, 0.25) is 5.02 Å². The van der Waals surface area contributed by atoms with Crippen molar-refractivity contribution in [3.05, 3.63) is 78.0 Å². The molecule has 1 aromatic carbocycles. The maximum atomic E-state index is 13.1. The van der Waals surface area contributed by atoms with Crippen LogP contribution >= 0.6 is 34.8 Å². The van der Waals surface area contributed by atoms with E-state index in [-0.39, 0.29) is 18.1 Å². The monoisotopic (exact) mass is 555 g/mol. The molecule has 0 saturated heterocycles. The van der Waals surface area contributed by atoms with Crippen LogP contribution in [0.4, 0.5) is 0 Å². The fraction of sp³-hybridized carbons (Fsp3) is 0.217. The highest BCUT2D eigenvalue weighted by Crippen LogP contribution is 2.32. The molecule has 13 heteroatoms. The fourth-order valence-electron chi connectivity index (χ4n) is 3.47. The number of aromatic hydroxyl groups is 2. The molecule has 1 aliphatic carbocycles. The summed E-state index contributed by atoms with van der Waals surface area (Å²) in [5.41, 5.74) is -2.09. The smallest absolute Gasteiger partial charge is 0.322 e. The SMILES string of the molecule is O=C(O)CNC(=O)c1c(O)c(C(=O)NCC2=C(Cl)CCC=C2Cl)c(O)n(Cc2ccccc2Cl)c1=O. The number of carboxylic acid groups (broad SMARTS) is 1. The molecule has 2 amide bonds. The Morgan fingerprint density at radius 3 is 2.31 bits per heavy atom. The number of aromatic nitrogens is 1. The zero-order valence-corrected chi connectivity index (χ0v) is 20.7. The number of carbonyl (C=O) groups is 3. The molecule has 36 heavy (non-hydrogen) atoms. The highest BCUT2D eigenvalue weighted by Gasteiger charge is 2.30. The van der Waals surface area contributed by atoms with Crippen molar-refractivity contribution in [1.29, 1.82) is 0 Å². The van der Waals surface area contributed by atoms with E-state index in [1.165, 1.54) is 6.07 Å². The number of carbonyl (C=O) groups excluding carboxylic acids is 2. The van der Waals surface area contributed by atoms with E-state index in [0.717, 1.165) is 0 Å². The first-order valence-electron chi connectivity index (χ1n) is 10.5. The van der Waals surface area contributed by atoms with Gasteiger partial charge in [-0.3, -0.25) is 23.7 Å². The first-order valence-corrected chi connectivity index (χ1v) is 11.6. The Bertz CT molecular complexity index is 1370. The van der Waals surface area contributed by atoms with Crippen LogP contribution in [0.1, 0.15) is 39.1 Å². The fourth-order valence-corrected chi connectivity index (χ4v) is 4.28. The minimum Gasteiger partial charge on any atom is -0.506 e. The predicted octanol–water partition coefficient (Wildman–Crippen LogP) is 2.91. The summed E-state index contributed by atoms with van der Waals surface area (Å²) >= 11 is 18.5. The molecule has 0 unspecified atom stereocenters. The first-order chi connectivity index (χ1) is 17.0. The average Bonchev–Trinajstić information content (AvgIpc) is 2.81. The molecule has 0 bridgehead atoms. The molecule has 2 aromatic rings. The molecule has 0 radical (unpaired) electrons. The standard InChI is InChI=1S/C23H20Cl3N3O7/c24-13-5-2-1-4-11(13)10-29-22(35)17(19(32)18(23(29)36)21(34)28-9-16(30)31)20(33)27-8-12-14(25)6-3-7-15(12)26/h1-2,4-6,32,35H,3,7-10H2,(H,27,33)(H,28,34)(H,30,31). The van der Waals surface area contributed by atoms with Gasteiger partial charge in [-0.25, -0.2) is 0 Å². The second-order valence-corrected chi connectivity index (χ2v) is 8.91. The van der Waals surface area contributed by atoms with Gasteiger partial charge in [0.05, 0.1) is 6.54 Å². The predicted molar refractivity (Wildman–Crippen MR) is 133 cm³/mol. The number of halogens is 3. The number of allylic oxidation sites excluding steroid dienone is 2. The Hall–Kier alpha value is -3.47. The van der Waals surface area contributed by atoms with E-state index in [2.05, 4.69) is 5.32 Å². The third kappa shape index (κ3) is 5.84. The molecule has 1 heterocycles. The molecule has 0 saturated carbocycles. The summed E-state index contributed by atoms with van der Waals surface area (Å²) in [5, 5.41) is 35.8. The van der Waals surface area contributed by atoms with Gasteiger partial charge in [0.1, 0.15) is 17.7 Å². The van der Waals surface area contributed by atoms with E-state index in [4.69, 9.17) is 39.9 Å². The van der Waals surface area contributed by atoms with Crippen molar-refractivity contribution >= 4 is 52.6 Å². The van der Waals surface area contributed by atoms with Crippen LogP contribution in [0.5, 0.6) is 11.6 Å². The zero-order valence-electron chi connectivity index (χ0n) is 18.5. The topological polar surface area (TPSA) is 158 Å². The largest absolute Gasteiger partial charge is 0.506 e. The van der Waals surface area contributed by atoms with Gasteiger partial charge in [0.2, 0.25) is 5.88 Å². The third-order valence-electron chi connectivity index (χ3n) is 5.28. The number of nitrogens with one attached hydrogen (secondary N) is 2. The summed E-state index contributed by atoms with van der Waals surface area (Å²) in [7, 11) is 0. The number of carboxylic acids is 1. The third-order valence-corrected chi connectivity index (χ3v) is 6.45. The van der Waals surface area contributed by atoms with E-state index in [9.17, 15) is 29.4 Å². The van der Waals surface area contributed by atoms with E-state index in [1.54, 1.807) is 24.3 Å². The van der Waals surface area contributed by atoms with Crippen molar-refractivity contribution in [3.63, 3.8) is 0 Å². The molecule has 10 nitrogen and oxygen atoms in total. The van der Waals surface area contributed by atoms with Gasteiger partial charge in [0.15, 0.2) is 5.75 Å². The zero-order chi connectivity index (χ0) is 26.6. The number of pyridine rings is 1. The summed E-state index contributed by atoms with van der Waals surface area (Å²) in [4.78, 5) is 49.6. The molecule has 1 aliphatic rings. The summed E-state index contributed by atoms with van der Waals surface area (Å²) in [6.45, 7) is -1.39. The molecule has 0 fully saturated rings. The number of rotatable bonds is 8. The summed E-state index contributed by atoms with van der Waals surface area (Å²) in [6.07, 6.45) is 2.85. The Morgan fingerprint density at radius 1 is 1.00 bits per heavy atom. The maximum Gasteiger partial charge on any atom is 0.322 e. The molecule has 0 spiro atoms. The van der Waals surface area contributed by atoms with Crippen molar-refractivity contribution in [2.45, 2.75) is 19.4 Å². The lowest BCUT2D eigenvalue weighted by Crippen LogP contribution is -2.37. The van der Waals surface area contributed by atoms with E-state index >= 15 is 0 Å². The van der Waals surface area contributed by atoms with Crippen molar-refractivity contribution in [1.82, 2.24) is 15.2 Å². The molecule has 1 aromatic heterocycles. The summed E-state index contributed by atoms with van der Waals surface area (Å²) in [5.74, 6) is -5.77. The highest BCUT2D eigenvalue weighted by molar-refractivity contribution is 6.36. The van der Waals surface area contributed by atoms with Crippen molar-refractivity contribution < 1.29 is 29.7 Å². The van der Waals surface area contributed by atoms with Gasteiger partial charge < -0.3 is 26.0 Å². The number of aliphatic carboxylic acids is 1. The Balaban J connectivity index is 2.08. The van der Waals surface area contributed by atoms with Gasteiger partial charge in [-0.05, 0) is 24.5 Å². The van der Waals surface area contributed by atoms with Crippen molar-refractivity contribution in [2.75, 3.05) is 13.1 Å². The van der Waals surface area contributed by atoms with Gasteiger partial charge in [-0.2, -0.15) is 0 Å². The Morgan fingerprint density at radius 2 is 1.67 bits per heavy atom. The quantitative estimate of drug-likeness (QED) is 0.334. The van der Waals surface area contributed by atoms with Crippen LogP contribution in [0.25, 0.3) is 0 Å².